The molecule has 0 radical (unpaired) electrons. The number of methoxy groups -OCH3 is 1. The highest BCUT2D eigenvalue weighted by atomic mass is 16.5. The van der Waals surface area contributed by atoms with Crippen molar-refractivity contribution in [3.8, 4) is 0 Å². The van der Waals surface area contributed by atoms with Crippen LogP contribution in [-0.2, 0) is 9.53 Å². The molecule has 2 atom stereocenters. The van der Waals surface area contributed by atoms with Crippen LogP contribution in [0.3, 0.4) is 0 Å². The fraction of sp³-hybridized carbons (Fsp3) is 0.900. The molecule has 0 aromatic heterocycles. The van der Waals surface area contributed by atoms with Crippen molar-refractivity contribution in [3.63, 3.8) is 0 Å². The summed E-state index contributed by atoms with van der Waals surface area (Å²) >= 11 is 0. The Morgan fingerprint density at radius 2 is 2.23 bits per heavy atom. The van der Waals surface area contributed by atoms with E-state index in [-0.39, 0.29) is 5.92 Å². The van der Waals surface area contributed by atoms with Crippen molar-refractivity contribution in [1.29, 1.82) is 0 Å². The summed E-state index contributed by atoms with van der Waals surface area (Å²) in [5.74, 6) is 0.590. The second-order valence-corrected chi connectivity index (χ2v) is 3.77. The number of likely N-dealkylation sites (tertiary alicyclic amines) is 1. The van der Waals surface area contributed by atoms with Gasteiger partial charge in [-0.1, -0.05) is 6.92 Å². The maximum atomic E-state index is 11.4. The van der Waals surface area contributed by atoms with Crippen molar-refractivity contribution in [3.05, 3.63) is 0 Å². The number of Topliss-reactive ketones (excluding diaryl/α,β-unsaturated/α-hetero) is 1. The highest BCUT2D eigenvalue weighted by Crippen LogP contribution is 2.19. The molecule has 0 unspecified atom stereocenters. The lowest BCUT2D eigenvalue weighted by Gasteiger charge is -2.36. The van der Waals surface area contributed by atoms with Crippen LogP contribution in [0, 0.1) is 5.92 Å². The first-order valence-corrected chi connectivity index (χ1v) is 4.92. The summed E-state index contributed by atoms with van der Waals surface area (Å²) in [5, 5.41) is 0. The first kappa shape index (κ1) is 10.7. The maximum absolute atomic E-state index is 11.4. The van der Waals surface area contributed by atoms with Crippen LogP contribution < -0.4 is 0 Å². The van der Waals surface area contributed by atoms with Crippen LogP contribution in [0.15, 0.2) is 0 Å². The van der Waals surface area contributed by atoms with Gasteiger partial charge in [-0.3, -0.25) is 9.69 Å². The molecule has 0 amide bonds. The molecular weight excluding hydrogens is 166 g/mol. The van der Waals surface area contributed by atoms with Crippen molar-refractivity contribution in [2.45, 2.75) is 26.3 Å². The minimum atomic E-state index is 0.186. The minimum absolute atomic E-state index is 0.186. The van der Waals surface area contributed by atoms with Crippen LogP contribution in [-0.4, -0.2) is 43.5 Å². The number of carbonyl (C=O) groups excluding carboxylic acids is 1. The van der Waals surface area contributed by atoms with Gasteiger partial charge in [-0.25, -0.2) is 0 Å². The molecule has 13 heavy (non-hydrogen) atoms. The van der Waals surface area contributed by atoms with E-state index in [4.69, 9.17) is 4.74 Å². The number of nitrogens with zero attached hydrogens (tertiary/aromatic N) is 1. The fourth-order valence-electron chi connectivity index (χ4n) is 1.79. The SMILES string of the molecule is COCCN1CCC(=O)[C@@H](C)[C@@H]1C. The Morgan fingerprint density at radius 1 is 1.54 bits per heavy atom. The standard InChI is InChI=1S/C10H19NO2/c1-8-9(2)11(6-7-13-3)5-4-10(8)12/h8-9H,4-7H2,1-3H3/t8-,9-/m0/s1. The van der Waals surface area contributed by atoms with Crippen molar-refractivity contribution >= 4 is 5.78 Å². The molecule has 1 aliphatic rings. The summed E-state index contributed by atoms with van der Waals surface area (Å²) in [7, 11) is 1.71. The first-order chi connectivity index (χ1) is 6.16. The van der Waals surface area contributed by atoms with Crippen molar-refractivity contribution in [1.82, 2.24) is 4.90 Å². The Bertz CT molecular complexity index is 182. The number of hydrogen-bond donors (Lipinski definition) is 0. The van der Waals surface area contributed by atoms with Crippen LogP contribution in [0.2, 0.25) is 0 Å². The Labute approximate surface area is 80.1 Å². The molecule has 0 saturated carbocycles. The Morgan fingerprint density at radius 3 is 2.85 bits per heavy atom. The van der Waals surface area contributed by atoms with Crippen LogP contribution >= 0.6 is 0 Å². The van der Waals surface area contributed by atoms with Gasteiger partial charge in [0, 0.05) is 38.6 Å². The zero-order chi connectivity index (χ0) is 9.84. The smallest absolute Gasteiger partial charge is 0.138 e. The Kier molecular flexibility index (Phi) is 3.88. The number of carbonyl (C=O) groups is 1. The van der Waals surface area contributed by atoms with E-state index in [9.17, 15) is 4.79 Å². The quantitative estimate of drug-likeness (QED) is 0.655. The van der Waals surface area contributed by atoms with E-state index in [1.54, 1.807) is 7.11 Å². The number of piperidine rings is 1. The van der Waals surface area contributed by atoms with Gasteiger partial charge in [0.05, 0.1) is 6.61 Å². The van der Waals surface area contributed by atoms with Gasteiger partial charge in [-0.05, 0) is 6.92 Å². The lowest BCUT2D eigenvalue weighted by molar-refractivity contribution is -0.128. The maximum Gasteiger partial charge on any atom is 0.138 e. The number of ketones is 1. The molecule has 1 rings (SSSR count). The lowest BCUT2D eigenvalue weighted by atomic mass is 9.91. The first-order valence-electron chi connectivity index (χ1n) is 4.92. The summed E-state index contributed by atoms with van der Waals surface area (Å²) < 4.78 is 5.03. The van der Waals surface area contributed by atoms with Gasteiger partial charge in [0.2, 0.25) is 0 Å². The molecule has 0 aliphatic carbocycles. The largest absolute Gasteiger partial charge is 0.383 e. The van der Waals surface area contributed by atoms with Crippen molar-refractivity contribution < 1.29 is 9.53 Å². The van der Waals surface area contributed by atoms with Crippen LogP contribution in [0.1, 0.15) is 20.3 Å². The van der Waals surface area contributed by atoms with Gasteiger partial charge in [0.1, 0.15) is 5.78 Å². The summed E-state index contributed by atoms with van der Waals surface area (Å²) in [6.45, 7) is 6.73. The lowest BCUT2D eigenvalue weighted by Crippen LogP contribution is -2.47. The third-order valence-corrected chi connectivity index (χ3v) is 3.04. The molecular formula is C10H19NO2. The summed E-state index contributed by atoms with van der Waals surface area (Å²) in [6, 6.07) is 0.372. The molecule has 0 spiro atoms. The Hall–Kier alpha value is -0.410. The highest BCUT2D eigenvalue weighted by molar-refractivity contribution is 5.82. The number of ether oxygens (including phenoxy) is 1. The van der Waals surface area contributed by atoms with Gasteiger partial charge in [0.15, 0.2) is 0 Å². The molecule has 0 aromatic rings. The van der Waals surface area contributed by atoms with Crippen molar-refractivity contribution in [2.24, 2.45) is 5.92 Å². The number of rotatable bonds is 3. The van der Waals surface area contributed by atoms with Gasteiger partial charge in [-0.2, -0.15) is 0 Å². The third-order valence-electron chi connectivity index (χ3n) is 3.04. The van der Waals surface area contributed by atoms with Crippen LogP contribution in [0.5, 0.6) is 0 Å². The number of hydrogen-bond acceptors (Lipinski definition) is 3. The Balaban J connectivity index is 2.44. The van der Waals surface area contributed by atoms with Crippen LogP contribution in [0.4, 0.5) is 0 Å². The van der Waals surface area contributed by atoms with Gasteiger partial charge < -0.3 is 4.74 Å². The average molecular weight is 185 g/mol. The van der Waals surface area contributed by atoms with E-state index >= 15 is 0 Å². The molecule has 0 N–H and O–H groups in total. The minimum Gasteiger partial charge on any atom is -0.383 e. The van der Waals surface area contributed by atoms with Gasteiger partial charge in [0.25, 0.3) is 0 Å². The molecule has 1 fully saturated rings. The third kappa shape index (κ3) is 2.51. The zero-order valence-electron chi connectivity index (χ0n) is 8.75. The highest BCUT2D eigenvalue weighted by Gasteiger charge is 2.29. The van der Waals surface area contributed by atoms with Gasteiger partial charge in [-0.15, -0.1) is 0 Å². The summed E-state index contributed by atoms with van der Waals surface area (Å²) in [4.78, 5) is 13.7. The predicted octanol–water partition coefficient (Wildman–Crippen LogP) is 0.932. The molecule has 76 valence electrons. The molecule has 1 heterocycles. The van der Waals surface area contributed by atoms with E-state index in [0.29, 0.717) is 18.2 Å². The molecule has 3 nitrogen and oxygen atoms in total. The predicted molar refractivity (Wildman–Crippen MR) is 51.7 cm³/mol. The van der Waals surface area contributed by atoms with E-state index in [0.717, 1.165) is 19.7 Å². The topological polar surface area (TPSA) is 29.5 Å². The van der Waals surface area contributed by atoms with Crippen molar-refractivity contribution in [2.75, 3.05) is 26.8 Å². The molecule has 0 bridgehead atoms. The second kappa shape index (κ2) is 4.72. The van der Waals surface area contributed by atoms with E-state index in [1.807, 2.05) is 6.92 Å². The average Bonchev–Trinajstić information content (AvgIpc) is 2.13. The van der Waals surface area contributed by atoms with E-state index < -0.39 is 0 Å². The molecule has 1 aliphatic heterocycles. The van der Waals surface area contributed by atoms with E-state index in [2.05, 4.69) is 11.8 Å². The summed E-state index contributed by atoms with van der Waals surface area (Å²) in [5.41, 5.74) is 0. The monoisotopic (exact) mass is 185 g/mol. The molecule has 0 aromatic carbocycles. The molecule has 1 saturated heterocycles. The summed E-state index contributed by atoms with van der Waals surface area (Å²) in [6.07, 6.45) is 0.704. The van der Waals surface area contributed by atoms with Crippen LogP contribution in [0.25, 0.3) is 0 Å². The van der Waals surface area contributed by atoms with E-state index in [1.165, 1.54) is 0 Å². The normalized spacial score (nSPS) is 30.8. The molecule has 3 heteroatoms. The van der Waals surface area contributed by atoms with Gasteiger partial charge >= 0.3 is 0 Å². The fourth-order valence-corrected chi connectivity index (χ4v) is 1.79. The second-order valence-electron chi connectivity index (χ2n) is 3.77. The zero-order valence-corrected chi connectivity index (χ0v) is 8.75.